The van der Waals surface area contributed by atoms with Gasteiger partial charge in [-0.2, -0.15) is 0 Å². The zero-order valence-corrected chi connectivity index (χ0v) is 9.02. The van der Waals surface area contributed by atoms with Crippen LogP contribution < -0.4 is 0 Å². The Morgan fingerprint density at radius 3 is 2.50 bits per heavy atom. The van der Waals surface area contributed by atoms with Gasteiger partial charge in [0.25, 0.3) is 0 Å². The first-order chi connectivity index (χ1) is 6.52. The van der Waals surface area contributed by atoms with E-state index in [1.165, 1.54) is 6.92 Å². The second-order valence-electron chi connectivity index (χ2n) is 2.90. The molecular formula is C10H8Cl2O2. The van der Waals surface area contributed by atoms with E-state index in [9.17, 15) is 9.59 Å². The van der Waals surface area contributed by atoms with Crippen molar-refractivity contribution in [2.45, 2.75) is 13.3 Å². The minimum Gasteiger partial charge on any atom is -0.300 e. The topological polar surface area (TPSA) is 34.1 Å². The van der Waals surface area contributed by atoms with E-state index in [4.69, 9.17) is 23.2 Å². The first kappa shape index (κ1) is 11.2. The molecule has 0 aliphatic heterocycles. The lowest BCUT2D eigenvalue weighted by Gasteiger charge is -2.02. The van der Waals surface area contributed by atoms with E-state index in [1.54, 1.807) is 18.2 Å². The van der Waals surface area contributed by atoms with Crippen molar-refractivity contribution in [2.75, 3.05) is 0 Å². The number of rotatable bonds is 3. The Hall–Kier alpha value is -0.860. The van der Waals surface area contributed by atoms with Crippen molar-refractivity contribution >= 4 is 34.8 Å². The maximum atomic E-state index is 11.5. The lowest BCUT2D eigenvalue weighted by atomic mass is 10.1. The number of ketones is 2. The second kappa shape index (κ2) is 4.58. The van der Waals surface area contributed by atoms with E-state index in [0.717, 1.165) is 0 Å². The zero-order valence-electron chi connectivity index (χ0n) is 7.51. The van der Waals surface area contributed by atoms with Crippen LogP contribution in [-0.4, -0.2) is 11.6 Å². The van der Waals surface area contributed by atoms with Crippen molar-refractivity contribution in [3.05, 3.63) is 33.8 Å². The minimum absolute atomic E-state index is 0.139. The molecule has 4 heteroatoms. The molecule has 1 aromatic rings. The maximum absolute atomic E-state index is 11.5. The fourth-order valence-electron chi connectivity index (χ4n) is 1.04. The highest BCUT2D eigenvalue weighted by Crippen LogP contribution is 2.26. The van der Waals surface area contributed by atoms with Crippen molar-refractivity contribution in [1.29, 1.82) is 0 Å². The van der Waals surface area contributed by atoms with E-state index in [0.29, 0.717) is 10.6 Å². The van der Waals surface area contributed by atoms with Gasteiger partial charge in [0, 0.05) is 5.56 Å². The van der Waals surface area contributed by atoms with Crippen molar-refractivity contribution in [3.8, 4) is 0 Å². The average molecular weight is 231 g/mol. The van der Waals surface area contributed by atoms with E-state index in [-0.39, 0.29) is 23.0 Å². The van der Waals surface area contributed by atoms with Crippen LogP contribution >= 0.6 is 23.2 Å². The SMILES string of the molecule is CC(=O)CC(=O)c1cccc(Cl)c1Cl. The molecule has 0 aromatic heterocycles. The number of Topliss-reactive ketones (excluding diaryl/α,β-unsaturated/α-hetero) is 2. The molecule has 0 unspecified atom stereocenters. The summed E-state index contributed by atoms with van der Waals surface area (Å²) in [7, 11) is 0. The summed E-state index contributed by atoms with van der Waals surface area (Å²) in [4.78, 5) is 22.2. The van der Waals surface area contributed by atoms with E-state index in [2.05, 4.69) is 0 Å². The largest absolute Gasteiger partial charge is 0.300 e. The number of halogens is 2. The van der Waals surface area contributed by atoms with Crippen LogP contribution in [0, 0.1) is 0 Å². The van der Waals surface area contributed by atoms with Gasteiger partial charge in [-0.05, 0) is 19.1 Å². The third kappa shape index (κ3) is 2.56. The van der Waals surface area contributed by atoms with Crippen LogP contribution in [0.15, 0.2) is 18.2 Å². The Bertz CT molecular complexity index is 386. The molecule has 0 heterocycles. The standard InChI is InChI=1S/C10H8Cl2O2/c1-6(13)5-9(14)7-3-2-4-8(11)10(7)12/h2-4H,5H2,1H3. The summed E-state index contributed by atoms with van der Waals surface area (Å²) in [6.07, 6.45) is -0.139. The van der Waals surface area contributed by atoms with Crippen LogP contribution in [0.3, 0.4) is 0 Å². The third-order valence-corrected chi connectivity index (χ3v) is 2.48. The second-order valence-corrected chi connectivity index (χ2v) is 3.69. The molecule has 1 aromatic carbocycles. The predicted molar refractivity (Wildman–Crippen MR) is 56.1 cm³/mol. The average Bonchev–Trinajstić information content (AvgIpc) is 2.08. The van der Waals surface area contributed by atoms with Crippen LogP contribution in [-0.2, 0) is 4.79 Å². The van der Waals surface area contributed by atoms with Gasteiger partial charge in [-0.25, -0.2) is 0 Å². The highest BCUT2D eigenvalue weighted by molar-refractivity contribution is 6.44. The van der Waals surface area contributed by atoms with E-state index >= 15 is 0 Å². The zero-order chi connectivity index (χ0) is 10.7. The Morgan fingerprint density at radius 1 is 1.29 bits per heavy atom. The Labute approximate surface area is 91.8 Å². The summed E-state index contributed by atoms with van der Waals surface area (Å²) < 4.78 is 0. The molecule has 0 radical (unpaired) electrons. The molecule has 1 rings (SSSR count). The molecule has 0 atom stereocenters. The first-order valence-corrected chi connectivity index (χ1v) is 4.74. The smallest absolute Gasteiger partial charge is 0.171 e. The Kier molecular flexibility index (Phi) is 3.67. The highest BCUT2D eigenvalue weighted by atomic mass is 35.5. The lowest BCUT2D eigenvalue weighted by molar-refractivity contribution is -0.116. The van der Waals surface area contributed by atoms with Gasteiger partial charge in [0.1, 0.15) is 5.78 Å². The quantitative estimate of drug-likeness (QED) is 0.591. The molecule has 14 heavy (non-hydrogen) atoms. The van der Waals surface area contributed by atoms with Gasteiger partial charge in [-0.15, -0.1) is 0 Å². The van der Waals surface area contributed by atoms with Crippen molar-refractivity contribution in [3.63, 3.8) is 0 Å². The van der Waals surface area contributed by atoms with Gasteiger partial charge in [-0.3, -0.25) is 9.59 Å². The summed E-state index contributed by atoms with van der Waals surface area (Å²) in [5, 5.41) is 0.529. The van der Waals surface area contributed by atoms with Gasteiger partial charge >= 0.3 is 0 Å². The summed E-state index contributed by atoms with van der Waals surface area (Å²) in [6, 6.07) is 4.77. The molecular weight excluding hydrogens is 223 g/mol. The number of carbonyl (C=O) groups excluding carboxylic acids is 2. The van der Waals surface area contributed by atoms with Crippen molar-refractivity contribution in [1.82, 2.24) is 0 Å². The summed E-state index contributed by atoms with van der Waals surface area (Å²) in [6.45, 7) is 1.36. The summed E-state index contributed by atoms with van der Waals surface area (Å²) >= 11 is 11.5. The molecule has 0 amide bonds. The maximum Gasteiger partial charge on any atom is 0.171 e. The molecule has 0 saturated carbocycles. The van der Waals surface area contributed by atoms with Crippen LogP contribution in [0.5, 0.6) is 0 Å². The molecule has 0 bridgehead atoms. The van der Waals surface area contributed by atoms with Crippen molar-refractivity contribution in [2.24, 2.45) is 0 Å². The molecule has 0 fully saturated rings. The molecule has 0 N–H and O–H groups in total. The Balaban J connectivity index is 3.01. The normalized spacial score (nSPS) is 9.93. The van der Waals surface area contributed by atoms with Crippen LogP contribution in [0.4, 0.5) is 0 Å². The number of hydrogen-bond donors (Lipinski definition) is 0. The lowest BCUT2D eigenvalue weighted by Crippen LogP contribution is -2.05. The Morgan fingerprint density at radius 2 is 1.93 bits per heavy atom. The fraction of sp³-hybridized carbons (Fsp3) is 0.200. The molecule has 0 aliphatic carbocycles. The van der Waals surface area contributed by atoms with E-state index in [1.807, 2.05) is 0 Å². The highest BCUT2D eigenvalue weighted by Gasteiger charge is 2.13. The summed E-state index contributed by atoms with van der Waals surface area (Å²) in [5.41, 5.74) is 0.300. The third-order valence-electron chi connectivity index (χ3n) is 1.66. The molecule has 74 valence electrons. The van der Waals surface area contributed by atoms with Gasteiger partial charge in [0.2, 0.25) is 0 Å². The van der Waals surface area contributed by atoms with Gasteiger partial charge < -0.3 is 0 Å². The van der Waals surface area contributed by atoms with Gasteiger partial charge in [0.05, 0.1) is 16.5 Å². The molecule has 0 spiro atoms. The first-order valence-electron chi connectivity index (χ1n) is 3.99. The van der Waals surface area contributed by atoms with Crippen LogP contribution in [0.25, 0.3) is 0 Å². The fourth-order valence-corrected chi connectivity index (χ4v) is 1.45. The minimum atomic E-state index is -0.301. The molecule has 0 aliphatic rings. The molecule has 0 saturated heterocycles. The predicted octanol–water partition coefficient (Wildman–Crippen LogP) is 3.16. The number of hydrogen-bond acceptors (Lipinski definition) is 2. The number of benzene rings is 1. The monoisotopic (exact) mass is 230 g/mol. The number of carbonyl (C=O) groups is 2. The van der Waals surface area contributed by atoms with Crippen LogP contribution in [0.2, 0.25) is 10.0 Å². The van der Waals surface area contributed by atoms with Gasteiger partial charge in [0.15, 0.2) is 5.78 Å². The molecule has 2 nitrogen and oxygen atoms in total. The van der Waals surface area contributed by atoms with E-state index < -0.39 is 0 Å². The van der Waals surface area contributed by atoms with Crippen molar-refractivity contribution < 1.29 is 9.59 Å². The van der Waals surface area contributed by atoms with Crippen LogP contribution in [0.1, 0.15) is 23.7 Å². The van der Waals surface area contributed by atoms with Gasteiger partial charge in [-0.1, -0.05) is 29.3 Å². The summed E-state index contributed by atoms with van der Waals surface area (Å²) in [5.74, 6) is -0.490.